The van der Waals surface area contributed by atoms with Crippen molar-refractivity contribution in [1.82, 2.24) is 9.73 Å². The van der Waals surface area contributed by atoms with E-state index in [0.29, 0.717) is 28.4 Å². The van der Waals surface area contributed by atoms with E-state index in [-0.39, 0.29) is 5.92 Å². The Morgan fingerprint density at radius 2 is 1.57 bits per heavy atom. The quantitative estimate of drug-likeness (QED) is 0.482. The van der Waals surface area contributed by atoms with Gasteiger partial charge >= 0.3 is 12.2 Å². The molecule has 6 nitrogen and oxygen atoms in total. The molecule has 1 N–H and O–H groups in total. The molecule has 1 aliphatic heterocycles. The number of amides is 2. The molecular weight excluding hydrogens is 503 g/mol. The van der Waals surface area contributed by atoms with Crippen LogP contribution in [0.4, 0.5) is 18.0 Å². The van der Waals surface area contributed by atoms with Crippen LogP contribution in [0.15, 0.2) is 88.9 Å². The Hall–Kier alpha value is -3.37. The third-order valence-corrected chi connectivity index (χ3v) is 7.19. The van der Waals surface area contributed by atoms with Gasteiger partial charge in [-0.3, -0.25) is 0 Å². The summed E-state index contributed by atoms with van der Waals surface area (Å²) in [4.78, 5) is 12.5. The van der Waals surface area contributed by atoms with Crippen molar-refractivity contribution >= 4 is 33.4 Å². The normalized spacial score (nSPS) is 18.3. The maximum absolute atomic E-state index is 13.0. The lowest BCUT2D eigenvalue weighted by Gasteiger charge is -2.23. The van der Waals surface area contributed by atoms with Gasteiger partial charge in [0.25, 0.3) is 10.0 Å². The van der Waals surface area contributed by atoms with Gasteiger partial charge < -0.3 is 0 Å². The van der Waals surface area contributed by atoms with Crippen LogP contribution in [0.25, 0.3) is 0 Å². The van der Waals surface area contributed by atoms with Crippen molar-refractivity contribution in [3.63, 3.8) is 0 Å². The number of halogens is 4. The van der Waals surface area contributed by atoms with E-state index in [1.165, 1.54) is 0 Å². The Kier molecular flexibility index (Phi) is 6.61. The van der Waals surface area contributed by atoms with Crippen molar-refractivity contribution in [3.8, 4) is 0 Å². The molecule has 3 aromatic rings. The van der Waals surface area contributed by atoms with E-state index >= 15 is 0 Å². The zero-order valence-corrected chi connectivity index (χ0v) is 19.8. The fourth-order valence-corrected chi connectivity index (χ4v) is 4.93. The van der Waals surface area contributed by atoms with E-state index in [0.717, 1.165) is 22.7 Å². The third kappa shape index (κ3) is 5.18. The molecule has 0 aliphatic carbocycles. The lowest BCUT2D eigenvalue weighted by atomic mass is 9.86. The van der Waals surface area contributed by atoms with Crippen LogP contribution in [0.5, 0.6) is 0 Å². The largest absolute Gasteiger partial charge is 0.416 e. The number of hydrogen-bond acceptors (Lipinski definition) is 4. The second kappa shape index (κ2) is 9.35. The Balaban J connectivity index is 1.64. The monoisotopic (exact) mass is 521 g/mol. The van der Waals surface area contributed by atoms with Crippen molar-refractivity contribution in [2.75, 3.05) is 0 Å². The Labute approximate surface area is 205 Å². The zero-order valence-electron chi connectivity index (χ0n) is 18.2. The van der Waals surface area contributed by atoms with Gasteiger partial charge in [0.15, 0.2) is 0 Å². The van der Waals surface area contributed by atoms with Crippen LogP contribution >= 0.6 is 11.6 Å². The van der Waals surface area contributed by atoms with E-state index < -0.39 is 38.7 Å². The summed E-state index contributed by atoms with van der Waals surface area (Å²) < 4.78 is 65.7. The molecule has 0 bridgehead atoms. The summed E-state index contributed by atoms with van der Waals surface area (Å²) in [6.45, 7) is 1.73. The Morgan fingerprint density at radius 3 is 2.14 bits per heavy atom. The van der Waals surface area contributed by atoms with Gasteiger partial charge in [0.2, 0.25) is 0 Å². The first-order valence-corrected chi connectivity index (χ1v) is 12.3. The van der Waals surface area contributed by atoms with Crippen molar-refractivity contribution in [2.24, 2.45) is 5.10 Å². The molecule has 0 aromatic heterocycles. The summed E-state index contributed by atoms with van der Waals surface area (Å²) in [7, 11) is -4.45. The van der Waals surface area contributed by atoms with E-state index in [1.807, 2.05) is 35.1 Å². The van der Waals surface area contributed by atoms with Gasteiger partial charge in [0.1, 0.15) is 0 Å². The van der Waals surface area contributed by atoms with Gasteiger partial charge in [-0.15, -0.1) is 0 Å². The van der Waals surface area contributed by atoms with Crippen molar-refractivity contribution in [1.29, 1.82) is 0 Å². The molecule has 1 aliphatic rings. The molecule has 0 radical (unpaired) electrons. The zero-order chi connectivity index (χ0) is 25.4. The maximum Gasteiger partial charge on any atom is 0.416 e. The molecule has 35 heavy (non-hydrogen) atoms. The van der Waals surface area contributed by atoms with Gasteiger partial charge in [-0.2, -0.15) is 18.3 Å². The molecule has 3 aromatic carbocycles. The second-order valence-corrected chi connectivity index (χ2v) is 10.0. The summed E-state index contributed by atoms with van der Waals surface area (Å²) in [5.74, 6) is -0.364. The van der Waals surface area contributed by atoms with Crippen LogP contribution in [0.1, 0.15) is 29.5 Å². The highest BCUT2D eigenvalue weighted by atomic mass is 35.5. The fourth-order valence-electron chi connectivity index (χ4n) is 3.87. The van der Waals surface area contributed by atoms with E-state index in [4.69, 9.17) is 11.6 Å². The fraction of sp³-hybridized carbons (Fsp3) is 0.167. The average molecular weight is 522 g/mol. The highest BCUT2D eigenvalue weighted by molar-refractivity contribution is 7.90. The van der Waals surface area contributed by atoms with E-state index in [2.05, 4.69) is 5.10 Å². The number of benzene rings is 3. The molecule has 0 fully saturated rings. The standard InChI is InChI=1S/C24H19ClF3N3O3S/c1-15-21(16-5-3-2-4-6-16)22(17-7-11-19(25)12-8-17)29-31(15)23(32)30-35(33,34)20-13-9-18(10-14-20)24(26,27)28/h2-15,21H,1H3,(H,30,32). The van der Waals surface area contributed by atoms with Gasteiger partial charge in [-0.05, 0) is 54.4 Å². The molecule has 2 amide bonds. The third-order valence-electron chi connectivity index (χ3n) is 5.60. The number of alkyl halides is 3. The first-order chi connectivity index (χ1) is 16.5. The highest BCUT2D eigenvalue weighted by Crippen LogP contribution is 2.35. The van der Waals surface area contributed by atoms with E-state index in [9.17, 15) is 26.4 Å². The minimum absolute atomic E-state index is 0.364. The number of carbonyl (C=O) groups excluding carboxylic acids is 1. The first kappa shape index (κ1) is 24.7. The van der Waals surface area contributed by atoms with Gasteiger partial charge in [0, 0.05) is 5.02 Å². The summed E-state index contributed by atoms with van der Waals surface area (Å²) in [5, 5.41) is 5.99. The van der Waals surface area contributed by atoms with Crippen molar-refractivity contribution in [3.05, 3.63) is 101 Å². The van der Waals surface area contributed by atoms with Gasteiger partial charge in [-0.1, -0.05) is 54.1 Å². The first-order valence-electron chi connectivity index (χ1n) is 10.4. The van der Waals surface area contributed by atoms with E-state index in [1.54, 1.807) is 31.2 Å². The lowest BCUT2D eigenvalue weighted by Crippen LogP contribution is -2.43. The number of carbonyl (C=O) groups is 1. The van der Waals surface area contributed by atoms with Crippen LogP contribution < -0.4 is 4.72 Å². The van der Waals surface area contributed by atoms with Gasteiger partial charge in [-0.25, -0.2) is 22.9 Å². The number of nitrogens with zero attached hydrogens (tertiary/aromatic N) is 2. The van der Waals surface area contributed by atoms with Gasteiger partial charge in [0.05, 0.1) is 28.1 Å². The van der Waals surface area contributed by atoms with Crippen molar-refractivity contribution in [2.45, 2.75) is 30.0 Å². The Bertz CT molecular complexity index is 1360. The Morgan fingerprint density at radius 1 is 0.971 bits per heavy atom. The average Bonchev–Trinajstić information content (AvgIpc) is 3.16. The molecule has 0 saturated carbocycles. The predicted octanol–water partition coefficient (Wildman–Crippen LogP) is 5.65. The molecule has 0 spiro atoms. The predicted molar refractivity (Wildman–Crippen MR) is 126 cm³/mol. The molecule has 11 heteroatoms. The molecule has 2 atom stereocenters. The number of sulfonamides is 1. The molecular formula is C24H19ClF3N3O3S. The number of rotatable bonds is 4. The summed E-state index contributed by atoms with van der Waals surface area (Å²) in [6, 6.07) is 17.5. The minimum Gasteiger partial charge on any atom is -0.246 e. The summed E-state index contributed by atoms with van der Waals surface area (Å²) >= 11 is 6.00. The topological polar surface area (TPSA) is 78.8 Å². The molecule has 1 heterocycles. The molecule has 182 valence electrons. The molecule has 0 saturated heterocycles. The second-order valence-electron chi connectivity index (χ2n) is 7.90. The smallest absolute Gasteiger partial charge is 0.246 e. The maximum atomic E-state index is 13.0. The molecule has 4 rings (SSSR count). The highest BCUT2D eigenvalue weighted by Gasteiger charge is 2.40. The van der Waals surface area contributed by atoms with Crippen molar-refractivity contribution < 1.29 is 26.4 Å². The van der Waals surface area contributed by atoms with Crippen LogP contribution in [0.3, 0.4) is 0 Å². The van der Waals surface area contributed by atoms with Crippen LogP contribution in [-0.2, 0) is 16.2 Å². The summed E-state index contributed by atoms with van der Waals surface area (Å²) in [5.41, 5.74) is 1.12. The number of hydrogen-bond donors (Lipinski definition) is 1. The SMILES string of the molecule is CC1C(c2ccccc2)C(c2ccc(Cl)cc2)=NN1C(=O)NS(=O)(=O)c1ccc(C(F)(F)F)cc1. The van der Waals surface area contributed by atoms with Crippen LogP contribution in [0.2, 0.25) is 5.02 Å². The minimum atomic E-state index is -4.62. The lowest BCUT2D eigenvalue weighted by molar-refractivity contribution is -0.137. The molecule has 2 unspecified atom stereocenters. The number of nitrogens with one attached hydrogen (secondary N) is 1. The summed E-state index contributed by atoms with van der Waals surface area (Å²) in [6.07, 6.45) is -4.62. The van der Waals surface area contributed by atoms with Crippen LogP contribution in [0, 0.1) is 0 Å². The van der Waals surface area contributed by atoms with Crippen LogP contribution in [-0.4, -0.2) is 31.2 Å². The number of hydrazone groups is 1. The number of urea groups is 1.